The quantitative estimate of drug-likeness (QED) is 0.306. The molecule has 5 aliphatic rings. The number of hydrogen-bond donors (Lipinski definition) is 1. The molecule has 0 saturated heterocycles. The van der Waals surface area contributed by atoms with Crippen LogP contribution in [0.2, 0.25) is 0 Å². The zero-order valence-electron chi connectivity index (χ0n) is 22.3. The second-order valence-electron chi connectivity index (χ2n) is 14.4. The van der Waals surface area contributed by atoms with E-state index in [9.17, 15) is 14.7 Å². The highest BCUT2D eigenvalue weighted by Crippen LogP contribution is 2.75. The van der Waals surface area contributed by atoms with Gasteiger partial charge in [-0.2, -0.15) is 0 Å². The average Bonchev–Trinajstić information content (AvgIpc) is 2.75. The smallest absolute Gasteiger partial charge is 0.310 e. The molecule has 4 fully saturated rings. The Hall–Kier alpha value is -0.830. The molecule has 0 amide bonds. The molecule has 0 spiro atoms. The average molecular weight is 489 g/mol. The van der Waals surface area contributed by atoms with Crippen molar-refractivity contribution in [3.05, 3.63) is 11.6 Å². The number of halogens is 1. The second-order valence-corrected chi connectivity index (χ2v) is 14.9. The third-order valence-electron chi connectivity index (χ3n) is 13.1. The minimum absolute atomic E-state index is 0.00619. The number of aliphatic carboxylic acids is 1. The number of hydrogen-bond acceptors (Lipinski definition) is 2. The summed E-state index contributed by atoms with van der Waals surface area (Å²) in [7, 11) is 0. The molecule has 0 radical (unpaired) electrons. The zero-order valence-corrected chi connectivity index (χ0v) is 23.1. The standard InChI is InChI=1S/C30H45ClO3/c1-17-10-13-30(25(33)34)15-14-28(6)19(23(30)18(17)2)8-9-22-27(5)16-20(31)24(32)26(3,4)21(27)11-12-29(22,28)7/h8,17-18,20-23H,9-16H2,1-7H3,(H,33,34)/t17-,18+,20-,21+,22-,23+,27+,28-,29-,30+/m1/s1. The van der Waals surface area contributed by atoms with Gasteiger partial charge in [0.05, 0.1) is 10.8 Å². The number of allylic oxidation sites excluding steroid dienone is 2. The lowest BCUT2D eigenvalue weighted by molar-refractivity contribution is -0.190. The number of carboxylic acid groups (broad SMARTS) is 1. The third kappa shape index (κ3) is 2.77. The first kappa shape index (κ1) is 24.8. The predicted molar refractivity (Wildman–Crippen MR) is 137 cm³/mol. The molecule has 4 heteroatoms. The lowest BCUT2D eigenvalue weighted by Crippen LogP contribution is -2.66. The second kappa shape index (κ2) is 7.36. The van der Waals surface area contributed by atoms with Crippen LogP contribution in [0.25, 0.3) is 0 Å². The monoisotopic (exact) mass is 488 g/mol. The summed E-state index contributed by atoms with van der Waals surface area (Å²) in [6.07, 6.45) is 10.0. The van der Waals surface area contributed by atoms with Gasteiger partial charge in [-0.15, -0.1) is 11.6 Å². The van der Waals surface area contributed by atoms with Crippen molar-refractivity contribution in [1.29, 1.82) is 0 Å². The zero-order chi connectivity index (χ0) is 25.1. The Bertz CT molecular complexity index is 953. The highest BCUT2D eigenvalue weighted by atomic mass is 35.5. The molecule has 0 unspecified atom stereocenters. The number of carbonyl (C=O) groups is 2. The van der Waals surface area contributed by atoms with Crippen LogP contribution in [0.4, 0.5) is 0 Å². The Kier molecular flexibility index (Phi) is 5.38. The molecule has 0 aromatic rings. The Morgan fingerprint density at radius 3 is 2.32 bits per heavy atom. The van der Waals surface area contributed by atoms with Gasteiger partial charge in [0.25, 0.3) is 0 Å². The SMILES string of the molecule is C[C@H]1[C@H](C)CC[C@]2(C(=O)O)CC[C@]3(C)C(=CC[C@@H]4[C@@]5(C)C[C@@H](Cl)C(=O)C(C)(C)[C@@H]5CC[C@]43C)[C@H]12. The Morgan fingerprint density at radius 2 is 1.68 bits per heavy atom. The largest absolute Gasteiger partial charge is 0.481 e. The lowest BCUT2D eigenvalue weighted by Gasteiger charge is -2.71. The van der Waals surface area contributed by atoms with Crippen LogP contribution >= 0.6 is 11.6 Å². The Labute approximate surface area is 211 Å². The summed E-state index contributed by atoms with van der Waals surface area (Å²) in [4.78, 5) is 25.9. The van der Waals surface area contributed by atoms with E-state index in [2.05, 4.69) is 54.5 Å². The molecule has 0 aromatic heterocycles. The molecule has 0 aliphatic heterocycles. The van der Waals surface area contributed by atoms with E-state index < -0.39 is 16.8 Å². The fraction of sp³-hybridized carbons (Fsp3) is 0.867. The number of carboxylic acids is 1. The molecule has 5 rings (SSSR count). The van der Waals surface area contributed by atoms with Crippen LogP contribution in [0.3, 0.4) is 0 Å². The van der Waals surface area contributed by atoms with Crippen molar-refractivity contribution in [3.63, 3.8) is 0 Å². The maximum atomic E-state index is 13.1. The molecule has 0 heterocycles. The predicted octanol–water partition coefficient (Wildman–Crippen LogP) is 7.52. The molecule has 0 aromatic carbocycles. The molecule has 34 heavy (non-hydrogen) atoms. The van der Waals surface area contributed by atoms with E-state index in [0.717, 1.165) is 51.4 Å². The lowest BCUT2D eigenvalue weighted by atomic mass is 9.33. The van der Waals surface area contributed by atoms with Crippen molar-refractivity contribution in [1.82, 2.24) is 0 Å². The van der Waals surface area contributed by atoms with Gasteiger partial charge in [0, 0.05) is 5.41 Å². The van der Waals surface area contributed by atoms with E-state index in [4.69, 9.17) is 11.6 Å². The van der Waals surface area contributed by atoms with Gasteiger partial charge in [-0.1, -0.05) is 60.1 Å². The summed E-state index contributed by atoms with van der Waals surface area (Å²) in [6, 6.07) is 0. The minimum Gasteiger partial charge on any atom is -0.481 e. The molecule has 1 N–H and O–H groups in total. The van der Waals surface area contributed by atoms with Gasteiger partial charge in [-0.05, 0) is 97.2 Å². The van der Waals surface area contributed by atoms with E-state index >= 15 is 0 Å². The number of carbonyl (C=O) groups excluding carboxylic acids is 1. The van der Waals surface area contributed by atoms with Crippen molar-refractivity contribution in [2.75, 3.05) is 0 Å². The maximum absolute atomic E-state index is 13.1. The first-order chi connectivity index (χ1) is 15.7. The van der Waals surface area contributed by atoms with Crippen LogP contribution in [-0.4, -0.2) is 22.2 Å². The van der Waals surface area contributed by atoms with Crippen LogP contribution in [0.15, 0.2) is 11.6 Å². The summed E-state index contributed by atoms with van der Waals surface area (Å²) in [5.41, 5.74) is 0.613. The van der Waals surface area contributed by atoms with E-state index in [0.29, 0.717) is 23.7 Å². The van der Waals surface area contributed by atoms with Crippen molar-refractivity contribution >= 4 is 23.4 Å². The molecular weight excluding hydrogens is 444 g/mol. The highest BCUT2D eigenvalue weighted by molar-refractivity contribution is 6.32. The number of fused-ring (bicyclic) bond motifs is 7. The summed E-state index contributed by atoms with van der Waals surface area (Å²) >= 11 is 6.76. The first-order valence-corrected chi connectivity index (χ1v) is 14.2. The number of ketones is 1. The van der Waals surface area contributed by atoms with Crippen LogP contribution in [-0.2, 0) is 9.59 Å². The molecule has 10 atom stereocenters. The summed E-state index contributed by atoms with van der Waals surface area (Å²) < 4.78 is 0. The van der Waals surface area contributed by atoms with E-state index in [1.807, 2.05) is 0 Å². The van der Waals surface area contributed by atoms with Crippen LogP contribution < -0.4 is 0 Å². The number of Topliss-reactive ketones (excluding diaryl/α,β-unsaturated/α-hetero) is 1. The van der Waals surface area contributed by atoms with Crippen molar-refractivity contribution < 1.29 is 14.7 Å². The minimum atomic E-state index is -0.595. The van der Waals surface area contributed by atoms with Crippen LogP contribution in [0.5, 0.6) is 0 Å². The third-order valence-corrected chi connectivity index (χ3v) is 13.4. The molecule has 0 bridgehead atoms. The number of rotatable bonds is 1. The Morgan fingerprint density at radius 1 is 1.00 bits per heavy atom. The van der Waals surface area contributed by atoms with Crippen molar-refractivity contribution in [2.24, 2.45) is 56.7 Å². The van der Waals surface area contributed by atoms with E-state index in [-0.39, 0.29) is 33.4 Å². The van der Waals surface area contributed by atoms with Gasteiger partial charge in [0.2, 0.25) is 0 Å². The molecule has 3 nitrogen and oxygen atoms in total. The summed E-state index contributed by atoms with van der Waals surface area (Å²) in [6.45, 7) is 16.3. The molecule has 190 valence electrons. The fourth-order valence-corrected chi connectivity index (χ4v) is 11.4. The van der Waals surface area contributed by atoms with Gasteiger partial charge in [0.15, 0.2) is 5.78 Å². The van der Waals surface area contributed by atoms with Crippen molar-refractivity contribution in [2.45, 2.75) is 105 Å². The first-order valence-electron chi connectivity index (χ1n) is 13.8. The Balaban J connectivity index is 1.63. The maximum Gasteiger partial charge on any atom is 0.310 e. The van der Waals surface area contributed by atoms with Gasteiger partial charge in [0.1, 0.15) is 0 Å². The van der Waals surface area contributed by atoms with E-state index in [1.54, 1.807) is 0 Å². The summed E-state index contributed by atoms with van der Waals surface area (Å²) in [5, 5.41) is 10.1. The molecule has 4 saturated carbocycles. The molecular formula is C30H45ClO3. The van der Waals surface area contributed by atoms with Gasteiger partial charge in [-0.3, -0.25) is 9.59 Å². The topological polar surface area (TPSA) is 54.4 Å². The summed E-state index contributed by atoms with van der Waals surface area (Å²) in [5.74, 6) is 1.57. The molecule has 5 aliphatic carbocycles. The van der Waals surface area contributed by atoms with Crippen LogP contribution in [0.1, 0.15) is 99.8 Å². The van der Waals surface area contributed by atoms with Crippen molar-refractivity contribution in [3.8, 4) is 0 Å². The highest BCUT2D eigenvalue weighted by Gasteiger charge is 2.70. The van der Waals surface area contributed by atoms with Crippen LogP contribution in [0, 0.1) is 56.7 Å². The fourth-order valence-electron chi connectivity index (χ4n) is 10.7. The van der Waals surface area contributed by atoms with Gasteiger partial charge in [-0.25, -0.2) is 0 Å². The number of alkyl halides is 1. The van der Waals surface area contributed by atoms with Gasteiger partial charge < -0.3 is 5.11 Å². The van der Waals surface area contributed by atoms with Gasteiger partial charge >= 0.3 is 5.97 Å². The van der Waals surface area contributed by atoms with E-state index in [1.165, 1.54) is 5.57 Å². The normalized spacial score (nSPS) is 54.1.